The van der Waals surface area contributed by atoms with Crippen LogP contribution < -0.4 is 11.1 Å². The molecule has 0 saturated heterocycles. The molecule has 0 spiro atoms. The molecule has 0 aromatic heterocycles. The molecular weight excluding hydrogens is 500 g/mol. The predicted octanol–water partition coefficient (Wildman–Crippen LogP) is 5.83. The summed E-state index contributed by atoms with van der Waals surface area (Å²) in [5.74, 6) is 1.27. The van der Waals surface area contributed by atoms with Gasteiger partial charge in [-0.2, -0.15) is 0 Å². The van der Waals surface area contributed by atoms with E-state index in [1.165, 1.54) is 31.8 Å². The first kappa shape index (κ1) is 29.8. The minimum absolute atomic E-state index is 0.0417. The summed E-state index contributed by atoms with van der Waals surface area (Å²) in [7, 11) is 0. The van der Waals surface area contributed by atoms with E-state index in [4.69, 9.17) is 10.5 Å². The molecule has 5 rings (SSSR count). The number of ketones is 1. The van der Waals surface area contributed by atoms with Crippen molar-refractivity contribution in [3.05, 3.63) is 11.6 Å². The van der Waals surface area contributed by atoms with Gasteiger partial charge in [0.05, 0.1) is 5.41 Å². The Balaban J connectivity index is 1.60. The molecule has 6 heteroatoms. The van der Waals surface area contributed by atoms with Crippen LogP contribution >= 0.6 is 0 Å². The Morgan fingerprint density at radius 1 is 1.00 bits per heavy atom. The van der Waals surface area contributed by atoms with Crippen molar-refractivity contribution in [2.75, 3.05) is 13.1 Å². The molecule has 0 aliphatic heterocycles. The summed E-state index contributed by atoms with van der Waals surface area (Å²) in [5, 5.41) is 3.03. The molecule has 0 aromatic carbocycles. The molecule has 3 N–H and O–H groups in total. The van der Waals surface area contributed by atoms with Crippen LogP contribution in [0.25, 0.3) is 0 Å². The zero-order valence-electron chi connectivity index (χ0n) is 26.3. The maximum atomic E-state index is 14.6. The highest BCUT2D eigenvalue weighted by atomic mass is 16.5. The van der Waals surface area contributed by atoms with Gasteiger partial charge in [-0.05, 0) is 110 Å². The van der Waals surface area contributed by atoms with E-state index < -0.39 is 11.5 Å². The summed E-state index contributed by atoms with van der Waals surface area (Å²) in [5.41, 5.74) is 5.94. The molecule has 0 heterocycles. The minimum Gasteiger partial charge on any atom is -0.461 e. The van der Waals surface area contributed by atoms with E-state index in [-0.39, 0.29) is 51.2 Å². The first-order valence-electron chi connectivity index (χ1n) is 16.0. The maximum absolute atomic E-state index is 14.6. The van der Waals surface area contributed by atoms with Crippen LogP contribution in [-0.4, -0.2) is 36.9 Å². The smallest absolute Gasteiger partial charge is 0.302 e. The molecule has 0 aromatic rings. The number of ether oxygens (including phenoxy) is 1. The monoisotopic (exact) mass is 554 g/mol. The van der Waals surface area contributed by atoms with E-state index in [2.05, 4.69) is 52.9 Å². The topological polar surface area (TPSA) is 98.5 Å². The molecule has 1 amide bonds. The number of allylic oxidation sites excluding steroid dienone is 2. The van der Waals surface area contributed by atoms with Crippen LogP contribution in [-0.2, 0) is 19.1 Å². The molecule has 4 saturated carbocycles. The fourth-order valence-corrected chi connectivity index (χ4v) is 11.4. The van der Waals surface area contributed by atoms with Gasteiger partial charge < -0.3 is 15.8 Å². The number of nitrogens with two attached hydrogens (primary N) is 1. The van der Waals surface area contributed by atoms with Crippen molar-refractivity contribution in [3.8, 4) is 0 Å². The molecular formula is C34H54N2O4. The minimum atomic E-state index is -0.918. The van der Waals surface area contributed by atoms with Crippen molar-refractivity contribution < 1.29 is 19.1 Å². The number of carbonyl (C=O) groups is 3. The van der Waals surface area contributed by atoms with Crippen LogP contribution in [0.1, 0.15) is 107 Å². The fraction of sp³-hybridized carbons (Fsp3) is 0.853. The van der Waals surface area contributed by atoms with E-state index in [1.54, 1.807) is 0 Å². The number of nitrogens with one attached hydrogen (secondary N) is 1. The Morgan fingerprint density at radius 2 is 1.70 bits per heavy atom. The van der Waals surface area contributed by atoms with Gasteiger partial charge in [0.2, 0.25) is 5.91 Å². The van der Waals surface area contributed by atoms with Crippen molar-refractivity contribution in [1.82, 2.24) is 5.32 Å². The summed E-state index contributed by atoms with van der Waals surface area (Å²) in [6, 6.07) is 0. The largest absolute Gasteiger partial charge is 0.461 e. The van der Waals surface area contributed by atoms with Crippen LogP contribution in [0.15, 0.2) is 11.6 Å². The van der Waals surface area contributed by atoms with Crippen LogP contribution in [0, 0.1) is 56.7 Å². The highest BCUT2D eigenvalue weighted by Gasteiger charge is 2.72. The molecule has 224 valence electrons. The van der Waals surface area contributed by atoms with Gasteiger partial charge in [-0.25, -0.2) is 0 Å². The maximum Gasteiger partial charge on any atom is 0.302 e. The van der Waals surface area contributed by atoms with Crippen LogP contribution in [0.5, 0.6) is 0 Å². The third-order valence-corrected chi connectivity index (χ3v) is 14.0. The molecule has 4 fully saturated rings. The van der Waals surface area contributed by atoms with Gasteiger partial charge in [0, 0.05) is 25.9 Å². The van der Waals surface area contributed by atoms with Crippen LogP contribution in [0.4, 0.5) is 0 Å². The van der Waals surface area contributed by atoms with Crippen molar-refractivity contribution >= 4 is 17.7 Å². The molecule has 3 unspecified atom stereocenters. The van der Waals surface area contributed by atoms with E-state index in [0.717, 1.165) is 25.7 Å². The molecule has 0 bridgehead atoms. The van der Waals surface area contributed by atoms with E-state index in [1.807, 2.05) is 6.92 Å². The van der Waals surface area contributed by atoms with Gasteiger partial charge in [-0.1, -0.05) is 47.1 Å². The second kappa shape index (κ2) is 9.67. The van der Waals surface area contributed by atoms with Gasteiger partial charge >= 0.3 is 5.97 Å². The van der Waals surface area contributed by atoms with E-state index in [0.29, 0.717) is 37.3 Å². The lowest BCUT2D eigenvalue weighted by atomic mass is 9.33. The summed E-state index contributed by atoms with van der Waals surface area (Å²) in [4.78, 5) is 40.6. The molecule has 6 nitrogen and oxygen atoms in total. The second-order valence-electron chi connectivity index (χ2n) is 15.8. The molecule has 40 heavy (non-hydrogen) atoms. The average Bonchev–Trinajstić information content (AvgIpc) is 2.88. The summed E-state index contributed by atoms with van der Waals surface area (Å²) in [6.45, 7) is 18.6. The lowest BCUT2D eigenvalue weighted by molar-refractivity contribution is -0.214. The zero-order valence-corrected chi connectivity index (χ0v) is 26.3. The van der Waals surface area contributed by atoms with Crippen LogP contribution in [0.3, 0.4) is 0 Å². The highest BCUT2D eigenvalue weighted by molar-refractivity contribution is 5.96. The van der Waals surface area contributed by atoms with Crippen LogP contribution in [0.2, 0.25) is 0 Å². The number of amides is 1. The number of fused-ring (bicyclic) bond motifs is 7. The Bertz CT molecular complexity index is 1120. The number of rotatable bonds is 4. The van der Waals surface area contributed by atoms with Crippen molar-refractivity contribution in [2.45, 2.75) is 113 Å². The Labute approximate surface area is 242 Å². The van der Waals surface area contributed by atoms with Gasteiger partial charge in [0.25, 0.3) is 0 Å². The normalized spacial score (nSPS) is 49.9. The second-order valence-corrected chi connectivity index (χ2v) is 15.8. The first-order chi connectivity index (χ1) is 18.6. The molecule has 5 aliphatic carbocycles. The highest BCUT2D eigenvalue weighted by Crippen LogP contribution is 2.75. The van der Waals surface area contributed by atoms with Gasteiger partial charge in [-0.15, -0.1) is 0 Å². The summed E-state index contributed by atoms with van der Waals surface area (Å²) in [6.07, 6.45) is 9.57. The number of esters is 1. The van der Waals surface area contributed by atoms with Gasteiger partial charge in [-0.3, -0.25) is 14.4 Å². The Hall–Kier alpha value is -1.69. The summed E-state index contributed by atoms with van der Waals surface area (Å²) < 4.78 is 5.86. The van der Waals surface area contributed by atoms with E-state index in [9.17, 15) is 14.4 Å². The number of carbonyl (C=O) groups excluding carboxylic acids is 3. The zero-order chi connectivity index (χ0) is 29.5. The van der Waals surface area contributed by atoms with Crippen molar-refractivity contribution in [1.29, 1.82) is 0 Å². The third-order valence-electron chi connectivity index (χ3n) is 14.0. The molecule has 0 radical (unpaired) electrons. The van der Waals surface area contributed by atoms with Crippen molar-refractivity contribution in [2.24, 2.45) is 62.4 Å². The average molecular weight is 555 g/mol. The SMILES string of the molecule is CC(=O)O[C@@H]1CC[C@@]2(C)C(CC[C@]3(C)C2C(=O)C=C2C4[C@@H](C)[C@H](C)CC[C@]4(C)CC[C@]23C)[C@@]1(C)C(=O)NCCN. The predicted molar refractivity (Wildman–Crippen MR) is 157 cm³/mol. The first-order valence-corrected chi connectivity index (χ1v) is 16.0. The Kier molecular flexibility index (Phi) is 7.20. The Morgan fingerprint density at radius 3 is 2.35 bits per heavy atom. The number of hydrogen-bond donors (Lipinski definition) is 2. The summed E-state index contributed by atoms with van der Waals surface area (Å²) >= 11 is 0. The fourth-order valence-electron chi connectivity index (χ4n) is 11.4. The molecule has 5 aliphatic rings. The van der Waals surface area contributed by atoms with Gasteiger partial charge in [0.1, 0.15) is 6.10 Å². The molecule has 11 atom stereocenters. The van der Waals surface area contributed by atoms with E-state index >= 15 is 0 Å². The standard InChI is InChI=1S/C34H54N2O4/c1-20-9-12-30(4)15-16-32(6)23(27(30)21(20)2)19-24(38)28-31(5)13-11-26(40-22(3)37)34(8,29(39)36-18-17-35)25(31)10-14-33(28,32)7/h19-21,25-28H,9-18,35H2,1-8H3,(H,36,39)/t20-,21+,25?,26-,27?,28?,30-,31+,32-,33-,34-/m1/s1. The van der Waals surface area contributed by atoms with Gasteiger partial charge in [0.15, 0.2) is 5.78 Å². The lowest BCUT2D eigenvalue weighted by Crippen LogP contribution is -2.69. The van der Waals surface area contributed by atoms with Crippen molar-refractivity contribution in [3.63, 3.8) is 0 Å². The lowest BCUT2D eigenvalue weighted by Gasteiger charge is -2.70. The quantitative estimate of drug-likeness (QED) is 0.426. The third kappa shape index (κ3) is 3.86. The number of hydrogen-bond acceptors (Lipinski definition) is 5.